The molecule has 102 valence electrons. The van der Waals surface area contributed by atoms with Crippen molar-refractivity contribution in [2.24, 2.45) is 0 Å². The van der Waals surface area contributed by atoms with Crippen molar-refractivity contribution >= 4 is 12.4 Å². The van der Waals surface area contributed by atoms with Crippen LogP contribution in [0.2, 0.25) is 0 Å². The van der Waals surface area contributed by atoms with Crippen LogP contribution in [0.4, 0.5) is 4.39 Å². The molecule has 0 saturated carbocycles. The Balaban J connectivity index is 0.00000162. The van der Waals surface area contributed by atoms with Crippen molar-refractivity contribution in [2.45, 2.75) is 13.0 Å². The first-order valence-corrected chi connectivity index (χ1v) is 6.02. The maximum atomic E-state index is 13.3. The van der Waals surface area contributed by atoms with Crippen molar-refractivity contribution in [1.29, 1.82) is 0 Å². The number of benzene rings is 1. The maximum absolute atomic E-state index is 13.3. The minimum absolute atomic E-state index is 0. The molecule has 0 bridgehead atoms. The summed E-state index contributed by atoms with van der Waals surface area (Å²) in [6, 6.07) is 5.04. The van der Waals surface area contributed by atoms with Crippen molar-refractivity contribution in [2.75, 3.05) is 32.9 Å². The van der Waals surface area contributed by atoms with Gasteiger partial charge in [0.15, 0.2) is 0 Å². The molecular weight excluding hydrogens is 255 g/mol. The molecular formula is C13H20ClFN2O. The monoisotopic (exact) mass is 274 g/mol. The highest BCUT2D eigenvalue weighted by Gasteiger charge is 2.24. The van der Waals surface area contributed by atoms with E-state index in [9.17, 15) is 9.50 Å². The van der Waals surface area contributed by atoms with Crippen LogP contribution in [-0.2, 0) is 0 Å². The van der Waals surface area contributed by atoms with Crippen LogP contribution in [0.15, 0.2) is 18.2 Å². The van der Waals surface area contributed by atoms with Crippen LogP contribution in [0.25, 0.3) is 0 Å². The van der Waals surface area contributed by atoms with Gasteiger partial charge >= 0.3 is 0 Å². The highest BCUT2D eigenvalue weighted by Crippen LogP contribution is 2.30. The summed E-state index contributed by atoms with van der Waals surface area (Å²) < 4.78 is 13.3. The minimum atomic E-state index is -0.461. The average Bonchev–Trinajstić information content (AvgIpc) is 2.36. The summed E-state index contributed by atoms with van der Waals surface area (Å²) in [5.41, 5.74) is 1.75. The normalized spacial score (nSPS) is 18.1. The summed E-state index contributed by atoms with van der Waals surface area (Å²) >= 11 is 0. The molecule has 3 nitrogen and oxygen atoms in total. The Hall–Kier alpha value is -0.840. The number of piperazine rings is 1. The van der Waals surface area contributed by atoms with Gasteiger partial charge in [0.05, 0.1) is 6.04 Å². The lowest BCUT2D eigenvalue weighted by Gasteiger charge is -2.34. The molecule has 1 saturated heterocycles. The van der Waals surface area contributed by atoms with Crippen LogP contribution in [0.5, 0.6) is 5.75 Å². The summed E-state index contributed by atoms with van der Waals surface area (Å²) in [4.78, 5) is 2.09. The second kappa shape index (κ2) is 6.92. The quantitative estimate of drug-likeness (QED) is 0.885. The van der Waals surface area contributed by atoms with Gasteiger partial charge in [-0.2, -0.15) is 0 Å². The molecule has 18 heavy (non-hydrogen) atoms. The first-order chi connectivity index (χ1) is 8.22. The summed E-state index contributed by atoms with van der Waals surface area (Å²) in [7, 11) is 0. The van der Waals surface area contributed by atoms with Crippen molar-refractivity contribution in [1.82, 2.24) is 10.2 Å². The van der Waals surface area contributed by atoms with Gasteiger partial charge < -0.3 is 10.4 Å². The van der Waals surface area contributed by atoms with Crippen LogP contribution < -0.4 is 5.32 Å². The molecule has 1 aliphatic rings. The third-order valence-corrected chi connectivity index (χ3v) is 3.28. The zero-order chi connectivity index (χ0) is 12.3. The molecule has 0 aromatic heterocycles. The zero-order valence-corrected chi connectivity index (χ0v) is 11.3. The Morgan fingerprint density at radius 1 is 1.39 bits per heavy atom. The van der Waals surface area contributed by atoms with E-state index >= 15 is 0 Å². The lowest BCUT2D eigenvalue weighted by Crippen LogP contribution is -2.45. The molecule has 0 radical (unpaired) electrons. The van der Waals surface area contributed by atoms with E-state index in [0.717, 1.165) is 31.7 Å². The van der Waals surface area contributed by atoms with Crippen LogP contribution >= 0.6 is 12.4 Å². The van der Waals surface area contributed by atoms with Gasteiger partial charge in [0.1, 0.15) is 12.4 Å². The zero-order valence-electron chi connectivity index (χ0n) is 10.5. The van der Waals surface area contributed by atoms with Crippen LogP contribution in [-0.4, -0.2) is 42.9 Å². The molecule has 0 aliphatic carbocycles. The van der Waals surface area contributed by atoms with E-state index in [4.69, 9.17) is 0 Å². The summed E-state index contributed by atoms with van der Waals surface area (Å²) in [5, 5.41) is 13.1. The predicted molar refractivity (Wildman–Crippen MR) is 73.3 cm³/mol. The van der Waals surface area contributed by atoms with Crippen molar-refractivity contribution in [3.63, 3.8) is 0 Å². The van der Waals surface area contributed by atoms with E-state index in [0.29, 0.717) is 5.56 Å². The molecule has 2 N–H and O–H groups in total. The molecule has 1 aromatic rings. The number of phenols is 1. The van der Waals surface area contributed by atoms with E-state index in [-0.39, 0.29) is 24.2 Å². The van der Waals surface area contributed by atoms with Gasteiger partial charge in [0.2, 0.25) is 0 Å². The number of hydrogen-bond acceptors (Lipinski definition) is 3. The van der Waals surface area contributed by atoms with Gasteiger partial charge in [-0.05, 0) is 13.0 Å². The Morgan fingerprint density at radius 3 is 2.67 bits per heavy atom. The highest BCUT2D eigenvalue weighted by atomic mass is 35.5. The Bertz CT molecular complexity index is 383. The molecule has 1 atom stereocenters. The fraction of sp³-hybridized carbons (Fsp3) is 0.538. The maximum Gasteiger partial charge on any atom is 0.120 e. The second-order valence-electron chi connectivity index (χ2n) is 4.52. The first-order valence-electron chi connectivity index (χ1n) is 6.02. The molecule has 2 rings (SSSR count). The minimum Gasteiger partial charge on any atom is -0.508 e. The van der Waals surface area contributed by atoms with Crippen molar-refractivity contribution in [3.05, 3.63) is 29.3 Å². The van der Waals surface area contributed by atoms with Crippen molar-refractivity contribution in [3.8, 4) is 5.75 Å². The summed E-state index contributed by atoms with van der Waals surface area (Å²) in [6.45, 7) is 4.89. The number of hydrogen-bond donors (Lipinski definition) is 2. The van der Waals surface area contributed by atoms with Crippen LogP contribution in [0.3, 0.4) is 0 Å². The molecule has 1 fully saturated rings. The van der Waals surface area contributed by atoms with Crippen LogP contribution in [0, 0.1) is 6.92 Å². The second-order valence-corrected chi connectivity index (χ2v) is 4.52. The molecule has 0 unspecified atom stereocenters. The van der Waals surface area contributed by atoms with E-state index in [1.165, 1.54) is 0 Å². The Labute approximate surface area is 113 Å². The van der Waals surface area contributed by atoms with E-state index in [1.807, 2.05) is 19.1 Å². The highest BCUT2D eigenvalue weighted by molar-refractivity contribution is 5.85. The lowest BCUT2D eigenvalue weighted by atomic mass is 10.0. The number of rotatable bonds is 3. The van der Waals surface area contributed by atoms with Gasteiger partial charge in [-0.1, -0.05) is 17.7 Å². The summed E-state index contributed by atoms with van der Waals surface area (Å²) in [5.74, 6) is 0.191. The SMILES string of the molecule is Cc1ccc(O)c([C@H](CF)N2CCNCC2)c1.Cl. The number of nitrogens with zero attached hydrogens (tertiary/aromatic N) is 1. The Morgan fingerprint density at radius 2 is 2.06 bits per heavy atom. The summed E-state index contributed by atoms with van der Waals surface area (Å²) in [6.07, 6.45) is 0. The predicted octanol–water partition coefficient (Wildman–Crippen LogP) is 2.04. The standard InChI is InChI=1S/C13H19FN2O.ClH/c1-10-2-3-13(17)11(8-10)12(9-14)16-6-4-15-5-7-16;/h2-3,8,12,15,17H,4-7,9H2,1H3;1H/t12-;/m0./s1. The fourth-order valence-electron chi connectivity index (χ4n) is 2.31. The third kappa shape index (κ3) is 3.34. The fourth-order valence-corrected chi connectivity index (χ4v) is 2.31. The van der Waals surface area contributed by atoms with Crippen LogP contribution in [0.1, 0.15) is 17.2 Å². The van der Waals surface area contributed by atoms with Gasteiger partial charge in [-0.3, -0.25) is 4.90 Å². The van der Waals surface area contributed by atoms with Gasteiger partial charge in [0, 0.05) is 31.7 Å². The number of aromatic hydroxyl groups is 1. The average molecular weight is 275 g/mol. The number of alkyl halides is 1. The van der Waals surface area contributed by atoms with E-state index in [1.54, 1.807) is 6.07 Å². The molecule has 1 aromatic carbocycles. The molecule has 0 spiro atoms. The number of phenolic OH excluding ortho intramolecular Hbond substituents is 1. The van der Waals surface area contributed by atoms with Gasteiger partial charge in [-0.25, -0.2) is 4.39 Å². The smallest absolute Gasteiger partial charge is 0.120 e. The molecule has 1 aliphatic heterocycles. The third-order valence-electron chi connectivity index (χ3n) is 3.28. The van der Waals surface area contributed by atoms with E-state index in [2.05, 4.69) is 10.2 Å². The van der Waals surface area contributed by atoms with Crippen molar-refractivity contribution < 1.29 is 9.50 Å². The topological polar surface area (TPSA) is 35.5 Å². The van der Waals surface area contributed by atoms with E-state index < -0.39 is 6.67 Å². The molecule has 0 amide bonds. The Kier molecular flexibility index (Phi) is 5.85. The lowest BCUT2D eigenvalue weighted by molar-refractivity contribution is 0.145. The number of halogens is 2. The van der Waals surface area contributed by atoms with Gasteiger partial charge in [-0.15, -0.1) is 12.4 Å². The number of nitrogens with one attached hydrogen (secondary N) is 1. The number of aryl methyl sites for hydroxylation is 1. The molecule has 5 heteroatoms. The first kappa shape index (κ1) is 15.2. The van der Waals surface area contributed by atoms with Gasteiger partial charge in [0.25, 0.3) is 0 Å². The largest absolute Gasteiger partial charge is 0.508 e. The molecule has 1 heterocycles.